The Labute approximate surface area is 161 Å². The van der Waals surface area contributed by atoms with Crippen LogP contribution in [0, 0.1) is 17.2 Å². The highest BCUT2D eigenvalue weighted by Gasteiger charge is 2.24. The van der Waals surface area contributed by atoms with Gasteiger partial charge in [0.2, 0.25) is 0 Å². The number of carboxylic acids is 1. The molecule has 138 valence electrons. The van der Waals surface area contributed by atoms with Crippen molar-refractivity contribution in [2.24, 2.45) is 5.92 Å². The highest BCUT2D eigenvalue weighted by atomic mass is 79.9. The molecule has 0 aliphatic heterocycles. The van der Waals surface area contributed by atoms with Crippen molar-refractivity contribution < 1.29 is 19.4 Å². The van der Waals surface area contributed by atoms with E-state index in [1.54, 1.807) is 18.2 Å². The van der Waals surface area contributed by atoms with Crippen LogP contribution in [0.4, 0.5) is 0 Å². The van der Waals surface area contributed by atoms with Crippen LogP contribution >= 0.6 is 15.9 Å². The van der Waals surface area contributed by atoms with Crippen LogP contribution in [0.3, 0.4) is 0 Å². The molecule has 26 heavy (non-hydrogen) atoms. The van der Waals surface area contributed by atoms with E-state index in [1.165, 1.54) is 12.5 Å². The number of nitrogens with one attached hydrogen (secondary N) is 1. The Kier molecular flexibility index (Phi) is 7.22. The summed E-state index contributed by atoms with van der Waals surface area (Å²) >= 11 is 3.30. The van der Waals surface area contributed by atoms with Gasteiger partial charge in [-0.2, -0.15) is 5.26 Å². The van der Waals surface area contributed by atoms with E-state index in [4.69, 9.17) is 9.84 Å². The van der Waals surface area contributed by atoms with Crippen molar-refractivity contribution in [3.8, 4) is 11.8 Å². The molecule has 1 amide bonds. The van der Waals surface area contributed by atoms with Crippen LogP contribution in [0.1, 0.15) is 38.2 Å². The van der Waals surface area contributed by atoms with Crippen molar-refractivity contribution in [2.75, 3.05) is 6.61 Å². The zero-order valence-electron chi connectivity index (χ0n) is 14.5. The summed E-state index contributed by atoms with van der Waals surface area (Å²) in [6.07, 6.45) is 5.80. The van der Waals surface area contributed by atoms with Gasteiger partial charge in [0.15, 0.2) is 6.61 Å². The largest absolute Gasteiger partial charge is 0.481 e. The van der Waals surface area contributed by atoms with Gasteiger partial charge in [0.25, 0.3) is 5.91 Å². The van der Waals surface area contributed by atoms with E-state index in [1.807, 2.05) is 6.07 Å². The lowest BCUT2D eigenvalue weighted by atomic mass is 9.86. The summed E-state index contributed by atoms with van der Waals surface area (Å²) in [5.74, 6) is -0.647. The fraction of sp³-hybridized carbons (Fsp3) is 0.421. The van der Waals surface area contributed by atoms with Crippen molar-refractivity contribution in [1.82, 2.24) is 5.32 Å². The van der Waals surface area contributed by atoms with Gasteiger partial charge in [-0.3, -0.25) is 4.79 Å². The third-order valence-electron chi connectivity index (χ3n) is 4.41. The summed E-state index contributed by atoms with van der Waals surface area (Å²) in [6, 6.07) is 6.98. The lowest BCUT2D eigenvalue weighted by Crippen LogP contribution is -2.41. The van der Waals surface area contributed by atoms with Crippen LogP contribution in [0.15, 0.2) is 28.2 Å². The molecule has 2 rings (SSSR count). The zero-order chi connectivity index (χ0) is 19.1. The van der Waals surface area contributed by atoms with Crippen LogP contribution in [0.2, 0.25) is 0 Å². The number of hydrogen-bond acceptors (Lipinski definition) is 4. The predicted octanol–water partition coefficient (Wildman–Crippen LogP) is 3.51. The summed E-state index contributed by atoms with van der Waals surface area (Å²) in [7, 11) is 0. The van der Waals surface area contributed by atoms with Crippen molar-refractivity contribution in [2.45, 2.75) is 38.6 Å². The maximum atomic E-state index is 12.4. The average molecular weight is 421 g/mol. The third kappa shape index (κ3) is 5.60. The number of hydrogen-bond donors (Lipinski definition) is 2. The van der Waals surface area contributed by atoms with Crippen molar-refractivity contribution in [1.29, 1.82) is 5.26 Å². The molecule has 2 unspecified atom stereocenters. The quantitative estimate of drug-likeness (QED) is 0.541. The molecule has 0 bridgehead atoms. The van der Waals surface area contributed by atoms with Gasteiger partial charge >= 0.3 is 5.97 Å². The molecule has 7 heteroatoms. The van der Waals surface area contributed by atoms with E-state index in [0.29, 0.717) is 21.7 Å². The second kappa shape index (κ2) is 9.39. The SMILES string of the molecule is CC1CCCCC1NC(=O)C(C#N)=Cc1ccc(OCC(=O)O)c(Br)c1. The van der Waals surface area contributed by atoms with Crippen molar-refractivity contribution >= 4 is 33.9 Å². The fourth-order valence-corrected chi connectivity index (χ4v) is 3.47. The molecule has 1 saturated carbocycles. The van der Waals surface area contributed by atoms with Gasteiger partial charge in [0.05, 0.1) is 4.47 Å². The van der Waals surface area contributed by atoms with E-state index in [0.717, 1.165) is 19.3 Å². The van der Waals surface area contributed by atoms with E-state index < -0.39 is 12.6 Å². The molecule has 0 spiro atoms. The number of aliphatic carboxylic acids is 1. The Hall–Kier alpha value is -2.33. The Bertz CT molecular complexity index is 754. The molecule has 6 nitrogen and oxygen atoms in total. The molecular formula is C19H21BrN2O4. The smallest absolute Gasteiger partial charge is 0.341 e. The first-order chi connectivity index (χ1) is 12.4. The molecular weight excluding hydrogens is 400 g/mol. The monoisotopic (exact) mass is 420 g/mol. The predicted molar refractivity (Wildman–Crippen MR) is 100 cm³/mol. The van der Waals surface area contributed by atoms with Gasteiger partial charge in [-0.1, -0.05) is 25.8 Å². The number of benzene rings is 1. The summed E-state index contributed by atoms with van der Waals surface area (Å²) in [5, 5.41) is 21.0. The Morgan fingerprint density at radius 1 is 1.42 bits per heavy atom. The van der Waals surface area contributed by atoms with Gasteiger partial charge in [-0.05, 0) is 58.5 Å². The Morgan fingerprint density at radius 3 is 2.77 bits per heavy atom. The van der Waals surface area contributed by atoms with Crippen LogP contribution in [-0.2, 0) is 9.59 Å². The van der Waals surface area contributed by atoms with Crippen LogP contribution in [0.5, 0.6) is 5.75 Å². The van der Waals surface area contributed by atoms with E-state index in [9.17, 15) is 14.9 Å². The first-order valence-electron chi connectivity index (χ1n) is 8.47. The van der Waals surface area contributed by atoms with Gasteiger partial charge in [0.1, 0.15) is 17.4 Å². The van der Waals surface area contributed by atoms with Gasteiger partial charge in [-0.25, -0.2) is 4.79 Å². The van der Waals surface area contributed by atoms with Crippen LogP contribution in [0.25, 0.3) is 6.08 Å². The summed E-state index contributed by atoms with van der Waals surface area (Å²) in [5.41, 5.74) is 0.678. The second-order valence-corrected chi connectivity index (χ2v) is 7.24. The number of carbonyl (C=O) groups is 2. The normalized spacial score (nSPS) is 20.1. The standard InChI is InChI=1S/C19H21BrN2O4/c1-12-4-2-3-5-16(12)22-19(25)14(10-21)8-13-6-7-17(15(20)9-13)26-11-18(23)24/h6-9,12,16H,2-5,11H2,1H3,(H,22,25)(H,23,24). The molecule has 2 N–H and O–H groups in total. The zero-order valence-corrected chi connectivity index (χ0v) is 16.1. The number of ether oxygens (including phenoxy) is 1. The number of carbonyl (C=O) groups excluding carboxylic acids is 1. The first kappa shape index (κ1) is 20.0. The maximum absolute atomic E-state index is 12.4. The molecule has 1 fully saturated rings. The summed E-state index contributed by atoms with van der Waals surface area (Å²) < 4.78 is 5.68. The minimum absolute atomic E-state index is 0.0360. The number of rotatable bonds is 6. The summed E-state index contributed by atoms with van der Waals surface area (Å²) in [4.78, 5) is 23.0. The number of nitriles is 1. The molecule has 1 aliphatic carbocycles. The lowest BCUT2D eigenvalue weighted by molar-refractivity contribution is -0.139. The van der Waals surface area contributed by atoms with Crippen LogP contribution < -0.4 is 10.1 Å². The minimum Gasteiger partial charge on any atom is -0.481 e. The third-order valence-corrected chi connectivity index (χ3v) is 5.03. The number of halogens is 1. The molecule has 0 heterocycles. The van der Waals surface area contributed by atoms with E-state index >= 15 is 0 Å². The Morgan fingerprint density at radius 2 is 2.15 bits per heavy atom. The van der Waals surface area contributed by atoms with Gasteiger partial charge < -0.3 is 15.2 Å². The van der Waals surface area contributed by atoms with Crippen LogP contribution in [-0.4, -0.2) is 29.6 Å². The number of carboxylic acid groups (broad SMARTS) is 1. The topological polar surface area (TPSA) is 99.4 Å². The van der Waals surface area contributed by atoms with E-state index in [2.05, 4.69) is 28.2 Å². The first-order valence-corrected chi connectivity index (χ1v) is 9.27. The fourth-order valence-electron chi connectivity index (χ4n) is 2.96. The molecule has 0 aromatic heterocycles. The van der Waals surface area contributed by atoms with Gasteiger partial charge in [0, 0.05) is 6.04 Å². The average Bonchev–Trinajstić information content (AvgIpc) is 2.60. The van der Waals surface area contributed by atoms with Crippen molar-refractivity contribution in [3.63, 3.8) is 0 Å². The molecule has 0 radical (unpaired) electrons. The number of nitrogens with zero attached hydrogens (tertiary/aromatic N) is 1. The summed E-state index contributed by atoms with van der Waals surface area (Å²) in [6.45, 7) is 1.67. The molecule has 1 aromatic carbocycles. The van der Waals surface area contributed by atoms with E-state index in [-0.39, 0.29) is 17.5 Å². The van der Waals surface area contributed by atoms with Gasteiger partial charge in [-0.15, -0.1) is 0 Å². The molecule has 1 aliphatic rings. The van der Waals surface area contributed by atoms with Crippen molar-refractivity contribution in [3.05, 3.63) is 33.8 Å². The highest BCUT2D eigenvalue weighted by Crippen LogP contribution is 2.27. The maximum Gasteiger partial charge on any atom is 0.341 e. The number of amides is 1. The highest BCUT2D eigenvalue weighted by molar-refractivity contribution is 9.10. The molecule has 0 saturated heterocycles. The second-order valence-electron chi connectivity index (χ2n) is 6.38. The lowest BCUT2D eigenvalue weighted by Gasteiger charge is -2.29. The minimum atomic E-state index is -1.07. The molecule has 2 atom stereocenters. The molecule has 1 aromatic rings. The Balaban J connectivity index is 2.09.